The molecule has 600 valence electrons. The van der Waals surface area contributed by atoms with Crippen LogP contribution in [0.3, 0.4) is 0 Å². The van der Waals surface area contributed by atoms with Crippen LogP contribution in [0.25, 0.3) is 0 Å². The van der Waals surface area contributed by atoms with Gasteiger partial charge in [0.25, 0.3) is 0 Å². The standard InChI is InChI=1S/C82H160O17P2/c1-8-9-10-11-12-13-14-15-18-24-30-35-44-51-58-65-82(87)99-78(70-93-80(85)64-57-50-43-38-37-41-48-55-62-75(6)7)72-97-101(90,91)95-68-76(83)67-94-100(88,89)96-71-77(69-92-79(84)63-56-49-42-34-29-26-21-23-28-33-40-47-54-61-74(4)5)98-81(86)66-59-52-45-36-31-25-20-17-16-19-22-27-32-39-46-53-60-73(2)3/h73-78,83H,8-72H2,1-7H3,(H,88,89)(H,90,91)/t76-,77-,78-/m1/s1. The lowest BCUT2D eigenvalue weighted by molar-refractivity contribution is -0.161. The van der Waals surface area contributed by atoms with Gasteiger partial charge in [-0.15, -0.1) is 0 Å². The predicted octanol–water partition coefficient (Wildman–Crippen LogP) is 24.5. The van der Waals surface area contributed by atoms with Crippen LogP contribution in [0.2, 0.25) is 0 Å². The number of esters is 4. The second kappa shape index (κ2) is 72.3. The molecule has 0 spiro atoms. The summed E-state index contributed by atoms with van der Waals surface area (Å²) in [6.45, 7) is 12.0. The quantitative estimate of drug-likeness (QED) is 0.0222. The zero-order chi connectivity index (χ0) is 74.4. The molecule has 17 nitrogen and oxygen atoms in total. The molecule has 0 aliphatic carbocycles. The van der Waals surface area contributed by atoms with Gasteiger partial charge in [0.1, 0.15) is 19.3 Å². The fourth-order valence-corrected chi connectivity index (χ4v) is 14.2. The summed E-state index contributed by atoms with van der Waals surface area (Å²) < 4.78 is 68.8. The molecule has 101 heavy (non-hydrogen) atoms. The summed E-state index contributed by atoms with van der Waals surface area (Å²) in [5.74, 6) is 0.218. The van der Waals surface area contributed by atoms with E-state index in [0.717, 1.165) is 108 Å². The Balaban J connectivity index is 5.25. The van der Waals surface area contributed by atoms with Gasteiger partial charge < -0.3 is 33.8 Å². The highest BCUT2D eigenvalue weighted by molar-refractivity contribution is 7.47. The van der Waals surface area contributed by atoms with Crippen LogP contribution in [-0.2, 0) is 65.4 Å². The van der Waals surface area contributed by atoms with E-state index in [1.165, 1.54) is 238 Å². The molecule has 0 aromatic carbocycles. The molecule has 0 aromatic heterocycles. The summed E-state index contributed by atoms with van der Waals surface area (Å²) in [6, 6.07) is 0. The summed E-state index contributed by atoms with van der Waals surface area (Å²) >= 11 is 0. The maximum Gasteiger partial charge on any atom is 0.472 e. The van der Waals surface area contributed by atoms with Gasteiger partial charge in [0.15, 0.2) is 12.2 Å². The molecule has 0 radical (unpaired) electrons. The van der Waals surface area contributed by atoms with Crippen molar-refractivity contribution in [1.29, 1.82) is 0 Å². The number of aliphatic hydroxyl groups is 1. The van der Waals surface area contributed by atoms with Crippen molar-refractivity contribution in [2.45, 2.75) is 446 Å². The molecular formula is C82H160O17P2. The number of carbonyl (C=O) groups is 4. The molecule has 2 unspecified atom stereocenters. The summed E-state index contributed by atoms with van der Waals surface area (Å²) in [6.07, 6.45) is 61.0. The van der Waals surface area contributed by atoms with E-state index in [9.17, 15) is 43.2 Å². The van der Waals surface area contributed by atoms with Crippen molar-refractivity contribution < 1.29 is 80.2 Å². The van der Waals surface area contributed by atoms with Gasteiger partial charge in [0, 0.05) is 25.7 Å². The molecule has 5 atom stereocenters. The lowest BCUT2D eigenvalue weighted by Gasteiger charge is -2.21. The van der Waals surface area contributed by atoms with Crippen molar-refractivity contribution in [3.63, 3.8) is 0 Å². The van der Waals surface area contributed by atoms with Crippen molar-refractivity contribution in [1.82, 2.24) is 0 Å². The Hall–Kier alpha value is -1.94. The Kier molecular flexibility index (Phi) is 70.9. The lowest BCUT2D eigenvalue weighted by Crippen LogP contribution is -2.30. The number of hydrogen-bond donors (Lipinski definition) is 3. The monoisotopic (exact) mass is 1480 g/mol. The number of carbonyl (C=O) groups excluding carboxylic acids is 4. The Morgan fingerprint density at radius 3 is 0.673 bits per heavy atom. The fraction of sp³-hybridized carbons (Fsp3) is 0.951. The van der Waals surface area contributed by atoms with Crippen LogP contribution in [0.1, 0.15) is 427 Å². The van der Waals surface area contributed by atoms with E-state index in [1.807, 2.05) is 0 Å². The predicted molar refractivity (Wildman–Crippen MR) is 414 cm³/mol. The van der Waals surface area contributed by atoms with Crippen molar-refractivity contribution in [2.75, 3.05) is 39.6 Å². The average molecular weight is 1480 g/mol. The SMILES string of the molecule is CCCCCCCCCCCCCCCCCC(=O)O[C@H](COC(=O)CCCCCCCCCCC(C)C)COP(=O)(O)OC[C@H](O)COP(=O)(O)OC[C@@H](COC(=O)CCCCCCCCCCCCCCCC(C)C)OC(=O)CCCCCCCCCCCCCCCCCCC(C)C. The normalized spacial score (nSPS) is 14.0. The highest BCUT2D eigenvalue weighted by Crippen LogP contribution is 2.45. The first-order chi connectivity index (χ1) is 48.7. The molecule has 0 heterocycles. The van der Waals surface area contributed by atoms with Crippen LogP contribution >= 0.6 is 15.6 Å². The van der Waals surface area contributed by atoms with Gasteiger partial charge in [-0.1, -0.05) is 376 Å². The number of phosphoric acid groups is 2. The molecule has 0 aliphatic heterocycles. The van der Waals surface area contributed by atoms with Crippen molar-refractivity contribution in [3.05, 3.63) is 0 Å². The second-order valence-corrected chi connectivity index (χ2v) is 33.8. The first kappa shape index (κ1) is 99.1. The highest BCUT2D eigenvalue weighted by atomic mass is 31.2. The van der Waals surface area contributed by atoms with Gasteiger partial charge in [-0.25, -0.2) is 9.13 Å². The minimum Gasteiger partial charge on any atom is -0.462 e. The Labute approximate surface area is 619 Å². The second-order valence-electron chi connectivity index (χ2n) is 30.9. The van der Waals surface area contributed by atoms with Crippen molar-refractivity contribution in [2.24, 2.45) is 17.8 Å². The van der Waals surface area contributed by atoms with E-state index in [4.69, 9.17) is 37.0 Å². The third-order valence-corrected chi connectivity index (χ3v) is 21.0. The van der Waals surface area contributed by atoms with E-state index in [1.54, 1.807) is 0 Å². The number of ether oxygens (including phenoxy) is 4. The fourth-order valence-electron chi connectivity index (χ4n) is 12.7. The average Bonchev–Trinajstić information content (AvgIpc) is 0.925. The molecule has 0 aromatic rings. The minimum atomic E-state index is -4.96. The molecule has 0 bridgehead atoms. The van der Waals surface area contributed by atoms with Gasteiger partial charge in [-0.3, -0.25) is 37.3 Å². The number of unbranched alkanes of at least 4 members (excludes halogenated alkanes) is 48. The molecule has 0 saturated heterocycles. The smallest absolute Gasteiger partial charge is 0.462 e. The summed E-state index contributed by atoms with van der Waals surface area (Å²) in [5, 5.41) is 10.7. The number of aliphatic hydroxyl groups excluding tert-OH is 1. The molecule has 0 fully saturated rings. The zero-order valence-electron chi connectivity index (χ0n) is 66.4. The Morgan fingerprint density at radius 2 is 0.455 bits per heavy atom. The van der Waals surface area contributed by atoms with E-state index in [0.29, 0.717) is 25.7 Å². The first-order valence-corrected chi connectivity index (χ1v) is 45.3. The topological polar surface area (TPSA) is 237 Å². The lowest BCUT2D eigenvalue weighted by atomic mass is 10.0. The van der Waals surface area contributed by atoms with Gasteiger partial charge in [-0.05, 0) is 43.4 Å². The maximum absolute atomic E-state index is 13.1. The number of hydrogen-bond acceptors (Lipinski definition) is 15. The van der Waals surface area contributed by atoms with Gasteiger partial charge in [0.2, 0.25) is 0 Å². The van der Waals surface area contributed by atoms with Crippen LogP contribution in [0.5, 0.6) is 0 Å². The summed E-state index contributed by atoms with van der Waals surface area (Å²) in [4.78, 5) is 73.1. The van der Waals surface area contributed by atoms with Crippen molar-refractivity contribution >= 4 is 39.5 Å². The van der Waals surface area contributed by atoms with E-state index < -0.39 is 97.5 Å². The van der Waals surface area contributed by atoms with Crippen LogP contribution in [0.4, 0.5) is 0 Å². The third kappa shape index (κ3) is 76.1. The third-order valence-electron chi connectivity index (χ3n) is 19.1. The van der Waals surface area contributed by atoms with Crippen LogP contribution < -0.4 is 0 Å². The Morgan fingerprint density at radius 1 is 0.267 bits per heavy atom. The molecule has 0 amide bonds. The highest BCUT2D eigenvalue weighted by Gasteiger charge is 2.30. The molecular weight excluding hydrogens is 1320 g/mol. The van der Waals surface area contributed by atoms with Crippen LogP contribution in [-0.4, -0.2) is 96.7 Å². The first-order valence-electron chi connectivity index (χ1n) is 42.3. The van der Waals surface area contributed by atoms with Gasteiger partial charge in [0.05, 0.1) is 26.4 Å². The number of rotatable bonds is 80. The molecule has 0 saturated carbocycles. The molecule has 3 N–H and O–H groups in total. The zero-order valence-corrected chi connectivity index (χ0v) is 68.2. The Bertz CT molecular complexity index is 1960. The van der Waals surface area contributed by atoms with E-state index in [2.05, 4.69) is 48.5 Å². The van der Waals surface area contributed by atoms with Gasteiger partial charge >= 0.3 is 39.5 Å². The van der Waals surface area contributed by atoms with Crippen LogP contribution in [0, 0.1) is 17.8 Å². The van der Waals surface area contributed by atoms with Crippen molar-refractivity contribution in [3.8, 4) is 0 Å². The summed E-state index contributed by atoms with van der Waals surface area (Å²) in [7, 11) is -9.92. The molecule has 19 heteroatoms. The van der Waals surface area contributed by atoms with Crippen LogP contribution in [0.15, 0.2) is 0 Å². The van der Waals surface area contributed by atoms with E-state index in [-0.39, 0.29) is 25.7 Å². The molecule has 0 aliphatic rings. The molecule has 0 rings (SSSR count). The minimum absolute atomic E-state index is 0.108. The maximum atomic E-state index is 13.1. The largest absolute Gasteiger partial charge is 0.472 e. The van der Waals surface area contributed by atoms with Gasteiger partial charge in [-0.2, -0.15) is 0 Å². The van der Waals surface area contributed by atoms with E-state index >= 15 is 0 Å². The number of phosphoric ester groups is 2. The summed E-state index contributed by atoms with van der Waals surface area (Å²) in [5.41, 5.74) is 0.